The van der Waals surface area contributed by atoms with E-state index in [0.29, 0.717) is 6.54 Å². The average Bonchev–Trinajstić information content (AvgIpc) is 3.38. The van der Waals surface area contributed by atoms with Crippen molar-refractivity contribution in [3.05, 3.63) is 45.2 Å². The zero-order valence-corrected chi connectivity index (χ0v) is 15.3. The second-order valence-corrected chi connectivity index (χ2v) is 7.98. The molecule has 6 nitrogen and oxygen atoms in total. The fourth-order valence-electron chi connectivity index (χ4n) is 4.84. The maximum atomic E-state index is 15.7. The van der Waals surface area contributed by atoms with Crippen LogP contribution in [0.2, 0.25) is 0 Å². The lowest BCUT2D eigenvalue weighted by molar-refractivity contribution is 0.0694. The van der Waals surface area contributed by atoms with E-state index in [4.69, 9.17) is 0 Å². The Hall–Kier alpha value is -2.32. The molecule has 0 radical (unpaired) electrons. The lowest BCUT2D eigenvalue weighted by Crippen LogP contribution is -2.50. The maximum absolute atomic E-state index is 15.7. The fourth-order valence-corrected chi connectivity index (χ4v) is 4.84. The van der Waals surface area contributed by atoms with Gasteiger partial charge in [-0.05, 0) is 38.3 Å². The highest BCUT2D eigenvalue weighted by molar-refractivity contribution is 5.93. The van der Waals surface area contributed by atoms with E-state index in [9.17, 15) is 14.7 Å². The van der Waals surface area contributed by atoms with Crippen molar-refractivity contribution in [1.29, 1.82) is 0 Å². The zero-order chi connectivity index (χ0) is 19.6. The Morgan fingerprint density at radius 1 is 1.21 bits per heavy atom. The van der Waals surface area contributed by atoms with E-state index in [1.807, 2.05) is 0 Å². The third-order valence-electron chi connectivity index (χ3n) is 6.29. The van der Waals surface area contributed by atoms with E-state index < -0.39 is 34.6 Å². The monoisotopic (exact) mass is 389 g/mol. The molecule has 28 heavy (non-hydrogen) atoms. The van der Waals surface area contributed by atoms with Crippen LogP contribution in [0.4, 0.5) is 8.78 Å². The van der Waals surface area contributed by atoms with Gasteiger partial charge in [-0.2, -0.15) is 0 Å². The van der Waals surface area contributed by atoms with Gasteiger partial charge in [-0.3, -0.25) is 9.69 Å². The number of piperazine rings is 1. The number of carbonyl (C=O) groups is 1. The van der Waals surface area contributed by atoms with E-state index in [2.05, 4.69) is 10.2 Å². The molecule has 0 amide bonds. The number of pyridine rings is 1. The smallest absolute Gasteiger partial charge is 0.341 e. The van der Waals surface area contributed by atoms with E-state index in [1.165, 1.54) is 10.8 Å². The van der Waals surface area contributed by atoms with Gasteiger partial charge in [-0.15, -0.1) is 0 Å². The molecule has 0 spiro atoms. The minimum atomic E-state index is -1.39. The second-order valence-electron chi connectivity index (χ2n) is 7.98. The first-order valence-electron chi connectivity index (χ1n) is 9.75. The van der Waals surface area contributed by atoms with Crippen LogP contribution in [0.5, 0.6) is 0 Å². The molecule has 1 aromatic carbocycles. The van der Waals surface area contributed by atoms with Gasteiger partial charge in [-0.25, -0.2) is 13.6 Å². The van der Waals surface area contributed by atoms with Crippen molar-refractivity contribution in [2.24, 2.45) is 0 Å². The van der Waals surface area contributed by atoms with Crippen LogP contribution < -0.4 is 10.7 Å². The largest absolute Gasteiger partial charge is 0.477 e. The van der Waals surface area contributed by atoms with Crippen molar-refractivity contribution in [3.8, 4) is 0 Å². The summed E-state index contributed by atoms with van der Waals surface area (Å²) in [5, 5.41) is 12.4. The number of benzene rings is 1. The summed E-state index contributed by atoms with van der Waals surface area (Å²) in [6, 6.07) is 0.505. The molecule has 1 unspecified atom stereocenters. The van der Waals surface area contributed by atoms with Gasteiger partial charge in [0.15, 0.2) is 5.82 Å². The number of aromatic nitrogens is 1. The number of carboxylic acids is 1. The number of fused-ring (bicyclic) bond motifs is 2. The molecule has 2 N–H and O–H groups in total. The van der Waals surface area contributed by atoms with Crippen molar-refractivity contribution in [1.82, 2.24) is 14.8 Å². The van der Waals surface area contributed by atoms with E-state index in [-0.39, 0.29) is 28.6 Å². The predicted octanol–water partition coefficient (Wildman–Crippen LogP) is 2.42. The van der Waals surface area contributed by atoms with Crippen molar-refractivity contribution >= 4 is 16.9 Å². The SMILES string of the molecule is O=C(O)c1cn(C2CC2)c2c(F)c([C@@H]3NCCN4CCCC34)c(F)cc2c1=O. The Balaban J connectivity index is 1.76. The number of hydrogen-bond acceptors (Lipinski definition) is 4. The van der Waals surface area contributed by atoms with Crippen LogP contribution in [0.1, 0.15) is 53.7 Å². The molecule has 2 aromatic rings. The highest BCUT2D eigenvalue weighted by Gasteiger charge is 2.39. The first kappa shape index (κ1) is 17.8. The molecule has 0 bridgehead atoms. The van der Waals surface area contributed by atoms with Gasteiger partial charge in [0.05, 0.1) is 16.9 Å². The molecule has 3 fully saturated rings. The van der Waals surface area contributed by atoms with Crippen molar-refractivity contribution in [2.75, 3.05) is 19.6 Å². The van der Waals surface area contributed by atoms with Gasteiger partial charge < -0.3 is 15.0 Å². The number of rotatable bonds is 3. The standard InChI is InChI=1S/C20H21F2N3O3/c21-13-8-11-18(25(10-3-4-10)9-12(19(11)26)20(27)28)16(22)15(13)17-14-2-1-6-24(14)7-5-23-17/h8-10,14,17,23H,1-7H2,(H,27,28)/t14?,17-/m1/s1. The molecular formula is C20H21F2N3O3. The van der Waals surface area contributed by atoms with Gasteiger partial charge in [0.25, 0.3) is 0 Å². The van der Waals surface area contributed by atoms with Crippen LogP contribution in [0.3, 0.4) is 0 Å². The van der Waals surface area contributed by atoms with Crippen molar-refractivity contribution in [2.45, 2.75) is 43.8 Å². The summed E-state index contributed by atoms with van der Waals surface area (Å²) in [6.45, 7) is 2.42. The molecule has 1 saturated carbocycles. The summed E-state index contributed by atoms with van der Waals surface area (Å²) in [5.41, 5.74) is -1.32. The summed E-state index contributed by atoms with van der Waals surface area (Å²) >= 11 is 0. The van der Waals surface area contributed by atoms with Crippen LogP contribution in [0, 0.1) is 11.6 Å². The van der Waals surface area contributed by atoms with E-state index >= 15 is 8.78 Å². The molecule has 2 saturated heterocycles. The van der Waals surface area contributed by atoms with Gasteiger partial charge in [0.1, 0.15) is 11.4 Å². The Labute approximate surface area is 159 Å². The third-order valence-corrected chi connectivity index (χ3v) is 6.29. The first-order chi connectivity index (χ1) is 13.5. The molecule has 8 heteroatoms. The van der Waals surface area contributed by atoms with Gasteiger partial charge in [-0.1, -0.05) is 0 Å². The second kappa shape index (κ2) is 6.35. The summed E-state index contributed by atoms with van der Waals surface area (Å²) < 4.78 is 32.3. The van der Waals surface area contributed by atoms with Crippen LogP contribution in [-0.2, 0) is 0 Å². The zero-order valence-electron chi connectivity index (χ0n) is 15.3. The highest BCUT2D eigenvalue weighted by atomic mass is 19.1. The van der Waals surface area contributed by atoms with Crippen LogP contribution in [-0.4, -0.2) is 46.2 Å². The van der Waals surface area contributed by atoms with Gasteiger partial charge in [0.2, 0.25) is 5.43 Å². The average molecular weight is 389 g/mol. The van der Waals surface area contributed by atoms with Crippen LogP contribution in [0.25, 0.3) is 10.9 Å². The van der Waals surface area contributed by atoms with Crippen molar-refractivity contribution < 1.29 is 18.7 Å². The lowest BCUT2D eigenvalue weighted by Gasteiger charge is -2.38. The number of aromatic carboxylic acids is 1. The number of nitrogens with zero attached hydrogens (tertiary/aromatic N) is 2. The van der Waals surface area contributed by atoms with Gasteiger partial charge in [0, 0.05) is 36.9 Å². The number of carboxylic acid groups (broad SMARTS) is 1. The van der Waals surface area contributed by atoms with Crippen LogP contribution in [0.15, 0.2) is 17.1 Å². The van der Waals surface area contributed by atoms with Crippen molar-refractivity contribution in [3.63, 3.8) is 0 Å². The Bertz CT molecular complexity index is 1050. The molecule has 1 aromatic heterocycles. The third kappa shape index (κ3) is 2.58. The molecule has 1 aliphatic carbocycles. The molecule has 3 heterocycles. The maximum Gasteiger partial charge on any atom is 0.341 e. The topological polar surface area (TPSA) is 74.6 Å². The molecule has 5 rings (SSSR count). The lowest BCUT2D eigenvalue weighted by atomic mass is 9.93. The summed E-state index contributed by atoms with van der Waals surface area (Å²) in [5.74, 6) is -2.93. The molecule has 2 atom stereocenters. The highest BCUT2D eigenvalue weighted by Crippen LogP contribution is 2.40. The Morgan fingerprint density at radius 3 is 2.71 bits per heavy atom. The number of hydrogen-bond donors (Lipinski definition) is 2. The summed E-state index contributed by atoms with van der Waals surface area (Å²) in [4.78, 5) is 26.3. The number of nitrogens with one attached hydrogen (secondary N) is 1. The van der Waals surface area contributed by atoms with Gasteiger partial charge >= 0.3 is 5.97 Å². The first-order valence-corrected chi connectivity index (χ1v) is 9.75. The minimum Gasteiger partial charge on any atom is -0.477 e. The van der Waals surface area contributed by atoms with Crippen LogP contribution >= 0.6 is 0 Å². The Morgan fingerprint density at radius 2 is 2.00 bits per heavy atom. The molecule has 148 valence electrons. The van der Waals surface area contributed by atoms with E-state index in [0.717, 1.165) is 44.8 Å². The molecule has 3 aliphatic rings. The van der Waals surface area contributed by atoms with E-state index in [1.54, 1.807) is 0 Å². The quantitative estimate of drug-likeness (QED) is 0.844. The fraction of sp³-hybridized carbons (Fsp3) is 0.500. The molecule has 2 aliphatic heterocycles. The number of halogens is 2. The predicted molar refractivity (Wildman–Crippen MR) is 98.7 cm³/mol. The summed E-state index contributed by atoms with van der Waals surface area (Å²) in [6.07, 6.45) is 4.63. The minimum absolute atomic E-state index is 0.0193. The Kier molecular flexibility index (Phi) is 4.03. The molecular weight excluding hydrogens is 368 g/mol. The normalized spacial score (nSPS) is 25.2. The summed E-state index contributed by atoms with van der Waals surface area (Å²) in [7, 11) is 0.